The number of rotatable bonds is 8. The standard InChI is InChI=1S/C16H27N3O/c1-13(2)7-5-3-4-6-12-18-16(20)19-15-10-8-14(17)9-11-15/h8-11,13H,3-7,12,17H2,1-2H3,(H2,18,19,20). The number of nitrogen functional groups attached to an aromatic ring is 1. The van der Waals surface area contributed by atoms with Crippen LogP contribution in [0.4, 0.5) is 16.2 Å². The summed E-state index contributed by atoms with van der Waals surface area (Å²) in [6, 6.07) is 6.97. The molecule has 0 aromatic heterocycles. The number of hydrogen-bond acceptors (Lipinski definition) is 2. The Morgan fingerprint density at radius 2 is 1.75 bits per heavy atom. The summed E-state index contributed by atoms with van der Waals surface area (Å²) in [5.41, 5.74) is 7.04. The van der Waals surface area contributed by atoms with Crippen LogP contribution in [0.15, 0.2) is 24.3 Å². The van der Waals surface area contributed by atoms with Crippen molar-refractivity contribution in [3.63, 3.8) is 0 Å². The summed E-state index contributed by atoms with van der Waals surface area (Å²) in [5.74, 6) is 0.791. The summed E-state index contributed by atoms with van der Waals surface area (Å²) in [4.78, 5) is 11.6. The highest BCUT2D eigenvalue weighted by molar-refractivity contribution is 5.89. The van der Waals surface area contributed by atoms with E-state index >= 15 is 0 Å². The molecule has 0 unspecified atom stereocenters. The van der Waals surface area contributed by atoms with Crippen molar-refractivity contribution in [2.24, 2.45) is 5.92 Å². The van der Waals surface area contributed by atoms with E-state index < -0.39 is 0 Å². The molecule has 0 heterocycles. The van der Waals surface area contributed by atoms with E-state index in [1.54, 1.807) is 24.3 Å². The number of anilines is 2. The summed E-state index contributed by atoms with van der Waals surface area (Å²) in [6.45, 7) is 5.23. The van der Waals surface area contributed by atoms with Crippen LogP contribution in [-0.2, 0) is 0 Å². The van der Waals surface area contributed by atoms with E-state index in [1.807, 2.05) is 0 Å². The van der Waals surface area contributed by atoms with Gasteiger partial charge in [-0.15, -0.1) is 0 Å². The molecule has 0 bridgehead atoms. The Labute approximate surface area is 122 Å². The van der Waals surface area contributed by atoms with Crippen LogP contribution in [0.1, 0.15) is 46.0 Å². The highest BCUT2D eigenvalue weighted by Crippen LogP contribution is 2.10. The summed E-state index contributed by atoms with van der Waals surface area (Å²) in [7, 11) is 0. The average Bonchev–Trinajstić information content (AvgIpc) is 2.40. The fraction of sp³-hybridized carbons (Fsp3) is 0.562. The van der Waals surface area contributed by atoms with Crippen LogP contribution in [0.25, 0.3) is 0 Å². The van der Waals surface area contributed by atoms with Gasteiger partial charge in [0.05, 0.1) is 0 Å². The number of unbranched alkanes of at least 4 members (excludes halogenated alkanes) is 3. The fourth-order valence-electron chi connectivity index (χ4n) is 1.97. The van der Waals surface area contributed by atoms with E-state index in [1.165, 1.54) is 25.7 Å². The van der Waals surface area contributed by atoms with Gasteiger partial charge in [0, 0.05) is 17.9 Å². The van der Waals surface area contributed by atoms with E-state index in [4.69, 9.17) is 5.73 Å². The van der Waals surface area contributed by atoms with Crippen molar-refractivity contribution in [1.29, 1.82) is 0 Å². The van der Waals surface area contributed by atoms with Gasteiger partial charge in [-0.2, -0.15) is 0 Å². The van der Waals surface area contributed by atoms with Crippen molar-refractivity contribution in [2.45, 2.75) is 46.0 Å². The molecule has 0 radical (unpaired) electrons. The minimum atomic E-state index is -0.156. The number of nitrogens with one attached hydrogen (secondary N) is 2. The number of carbonyl (C=O) groups is 1. The Morgan fingerprint density at radius 1 is 1.10 bits per heavy atom. The number of carbonyl (C=O) groups excluding carboxylic acids is 1. The summed E-state index contributed by atoms with van der Waals surface area (Å²) < 4.78 is 0. The maximum absolute atomic E-state index is 11.6. The van der Waals surface area contributed by atoms with Gasteiger partial charge in [0.1, 0.15) is 0 Å². The molecule has 4 N–H and O–H groups in total. The largest absolute Gasteiger partial charge is 0.399 e. The zero-order valence-electron chi connectivity index (χ0n) is 12.6. The van der Waals surface area contributed by atoms with Crippen LogP contribution in [-0.4, -0.2) is 12.6 Å². The van der Waals surface area contributed by atoms with Crippen molar-refractivity contribution >= 4 is 17.4 Å². The molecule has 112 valence electrons. The molecule has 1 rings (SSSR count). The summed E-state index contributed by atoms with van der Waals surface area (Å²) in [5, 5.41) is 5.64. The third-order valence-corrected chi connectivity index (χ3v) is 3.16. The molecular formula is C16H27N3O. The van der Waals surface area contributed by atoms with E-state index in [0.29, 0.717) is 5.69 Å². The minimum absolute atomic E-state index is 0.156. The van der Waals surface area contributed by atoms with Gasteiger partial charge in [0.15, 0.2) is 0 Å². The maximum atomic E-state index is 11.6. The zero-order valence-corrected chi connectivity index (χ0v) is 12.6. The van der Waals surface area contributed by atoms with Crippen molar-refractivity contribution in [2.75, 3.05) is 17.6 Å². The van der Waals surface area contributed by atoms with Gasteiger partial charge in [-0.25, -0.2) is 4.79 Å². The van der Waals surface area contributed by atoms with Crippen molar-refractivity contribution in [3.05, 3.63) is 24.3 Å². The lowest BCUT2D eigenvalue weighted by atomic mass is 10.0. The van der Waals surface area contributed by atoms with Gasteiger partial charge in [-0.05, 0) is 36.6 Å². The molecule has 0 aliphatic rings. The molecule has 0 spiro atoms. The molecule has 20 heavy (non-hydrogen) atoms. The van der Waals surface area contributed by atoms with Gasteiger partial charge < -0.3 is 16.4 Å². The molecular weight excluding hydrogens is 250 g/mol. The first-order valence-electron chi connectivity index (χ1n) is 7.48. The number of amides is 2. The van der Waals surface area contributed by atoms with Crippen molar-refractivity contribution in [1.82, 2.24) is 5.32 Å². The molecule has 2 amide bonds. The Balaban J connectivity index is 2.04. The quantitative estimate of drug-likeness (QED) is 0.496. The molecule has 0 saturated heterocycles. The second-order valence-corrected chi connectivity index (χ2v) is 5.60. The van der Waals surface area contributed by atoms with Gasteiger partial charge in [0.25, 0.3) is 0 Å². The minimum Gasteiger partial charge on any atom is -0.399 e. The van der Waals surface area contributed by atoms with E-state index in [2.05, 4.69) is 24.5 Å². The number of hydrogen-bond donors (Lipinski definition) is 3. The van der Waals surface area contributed by atoms with Gasteiger partial charge in [0.2, 0.25) is 0 Å². The average molecular weight is 277 g/mol. The lowest BCUT2D eigenvalue weighted by Crippen LogP contribution is -2.29. The van der Waals surface area contributed by atoms with Gasteiger partial charge >= 0.3 is 6.03 Å². The van der Waals surface area contributed by atoms with Gasteiger partial charge in [-0.1, -0.05) is 39.5 Å². The van der Waals surface area contributed by atoms with E-state index in [-0.39, 0.29) is 6.03 Å². The Hall–Kier alpha value is -1.71. The molecule has 4 heteroatoms. The molecule has 1 aromatic carbocycles. The van der Waals surface area contributed by atoms with Crippen LogP contribution < -0.4 is 16.4 Å². The number of urea groups is 1. The third kappa shape index (κ3) is 7.67. The molecule has 0 fully saturated rings. The smallest absolute Gasteiger partial charge is 0.319 e. The molecule has 4 nitrogen and oxygen atoms in total. The van der Waals surface area contributed by atoms with Crippen LogP contribution in [0.2, 0.25) is 0 Å². The third-order valence-electron chi connectivity index (χ3n) is 3.16. The van der Waals surface area contributed by atoms with Gasteiger partial charge in [-0.3, -0.25) is 0 Å². The number of nitrogens with two attached hydrogens (primary N) is 1. The zero-order chi connectivity index (χ0) is 14.8. The predicted molar refractivity (Wildman–Crippen MR) is 85.8 cm³/mol. The van der Waals surface area contributed by atoms with Crippen molar-refractivity contribution < 1.29 is 4.79 Å². The first kappa shape index (κ1) is 16.3. The van der Waals surface area contributed by atoms with E-state index in [0.717, 1.165) is 24.6 Å². The molecule has 0 atom stereocenters. The lowest BCUT2D eigenvalue weighted by Gasteiger charge is -2.08. The second-order valence-electron chi connectivity index (χ2n) is 5.60. The SMILES string of the molecule is CC(C)CCCCCCNC(=O)Nc1ccc(N)cc1. The number of benzene rings is 1. The van der Waals surface area contributed by atoms with Crippen LogP contribution in [0.3, 0.4) is 0 Å². The molecule has 0 aliphatic carbocycles. The van der Waals surface area contributed by atoms with Crippen LogP contribution >= 0.6 is 0 Å². The highest BCUT2D eigenvalue weighted by Gasteiger charge is 2.00. The summed E-state index contributed by atoms with van der Waals surface area (Å²) in [6.07, 6.45) is 6.04. The predicted octanol–water partition coefficient (Wildman–Crippen LogP) is 4.00. The molecule has 0 aliphatic heterocycles. The van der Waals surface area contributed by atoms with E-state index in [9.17, 15) is 4.79 Å². The lowest BCUT2D eigenvalue weighted by molar-refractivity contribution is 0.252. The first-order valence-corrected chi connectivity index (χ1v) is 7.48. The topological polar surface area (TPSA) is 67.2 Å². The van der Waals surface area contributed by atoms with Crippen LogP contribution in [0, 0.1) is 5.92 Å². The Kier molecular flexibility index (Phi) is 7.55. The van der Waals surface area contributed by atoms with Crippen molar-refractivity contribution in [3.8, 4) is 0 Å². The molecule has 0 saturated carbocycles. The fourth-order valence-corrected chi connectivity index (χ4v) is 1.97. The van der Waals surface area contributed by atoms with Crippen LogP contribution in [0.5, 0.6) is 0 Å². The Bertz CT molecular complexity index is 387. The normalized spacial score (nSPS) is 10.6. The summed E-state index contributed by atoms with van der Waals surface area (Å²) >= 11 is 0. The maximum Gasteiger partial charge on any atom is 0.319 e. The molecule has 1 aromatic rings. The first-order chi connectivity index (χ1) is 9.58. The monoisotopic (exact) mass is 277 g/mol. The highest BCUT2D eigenvalue weighted by atomic mass is 16.2. The second kappa shape index (κ2) is 9.23. The Morgan fingerprint density at radius 3 is 2.40 bits per heavy atom.